The lowest BCUT2D eigenvalue weighted by Crippen LogP contribution is -2.29. The number of methoxy groups -OCH3 is 1. The molecule has 0 saturated carbocycles. The van der Waals surface area contributed by atoms with Gasteiger partial charge in [0.1, 0.15) is 11.8 Å². The van der Waals surface area contributed by atoms with Gasteiger partial charge in [-0.2, -0.15) is 0 Å². The van der Waals surface area contributed by atoms with Crippen LogP contribution < -0.4 is 0 Å². The molecule has 0 bridgehead atoms. The van der Waals surface area contributed by atoms with Gasteiger partial charge in [-0.15, -0.1) is 0 Å². The van der Waals surface area contributed by atoms with Crippen LogP contribution in [0.5, 0.6) is 0 Å². The van der Waals surface area contributed by atoms with Crippen LogP contribution in [0.1, 0.15) is 25.5 Å². The molecule has 102 valence electrons. The normalized spacial score (nSPS) is 19.5. The van der Waals surface area contributed by atoms with Crippen molar-refractivity contribution in [2.75, 3.05) is 7.11 Å². The number of hydrogen-bond donors (Lipinski definition) is 0. The Morgan fingerprint density at radius 1 is 1.63 bits per heavy atom. The Kier molecular flexibility index (Phi) is 4.52. The summed E-state index contributed by atoms with van der Waals surface area (Å²) in [6, 6.07) is 3.77. The quantitative estimate of drug-likeness (QED) is 0.798. The van der Waals surface area contributed by atoms with Crippen molar-refractivity contribution in [3.8, 4) is 0 Å². The number of oxime groups is 1. The number of aromatic nitrogens is 1. The predicted molar refractivity (Wildman–Crippen MR) is 73.8 cm³/mol. The maximum Gasteiger partial charge on any atom is 0.312 e. The van der Waals surface area contributed by atoms with Gasteiger partial charge in [0.05, 0.1) is 18.7 Å². The van der Waals surface area contributed by atoms with Crippen molar-refractivity contribution in [3.63, 3.8) is 0 Å². The lowest BCUT2D eigenvalue weighted by molar-refractivity contribution is -0.150. The molecular weight excluding hydrogens is 312 g/mol. The topological polar surface area (TPSA) is 60.8 Å². The van der Waals surface area contributed by atoms with Gasteiger partial charge in [0.2, 0.25) is 0 Å². The van der Waals surface area contributed by atoms with E-state index in [1.165, 1.54) is 7.11 Å². The van der Waals surface area contributed by atoms with Crippen LogP contribution >= 0.6 is 15.9 Å². The van der Waals surface area contributed by atoms with Crippen molar-refractivity contribution < 1.29 is 14.4 Å². The number of pyridine rings is 1. The van der Waals surface area contributed by atoms with Crippen LogP contribution in [0.2, 0.25) is 0 Å². The molecule has 0 aromatic carbocycles. The van der Waals surface area contributed by atoms with Crippen LogP contribution in [0.15, 0.2) is 28.0 Å². The number of esters is 1. The van der Waals surface area contributed by atoms with Crippen molar-refractivity contribution in [1.82, 2.24) is 4.98 Å². The molecule has 5 nitrogen and oxygen atoms in total. The summed E-state index contributed by atoms with van der Waals surface area (Å²) >= 11 is 3.33. The van der Waals surface area contributed by atoms with Crippen molar-refractivity contribution >= 4 is 27.6 Å². The molecule has 1 aromatic heterocycles. The summed E-state index contributed by atoms with van der Waals surface area (Å²) in [6.45, 7) is 1.93. The first-order valence-electron chi connectivity index (χ1n) is 6.08. The summed E-state index contributed by atoms with van der Waals surface area (Å²) in [5.41, 5.74) is 1.53. The van der Waals surface area contributed by atoms with Gasteiger partial charge in [-0.1, -0.05) is 12.1 Å². The van der Waals surface area contributed by atoms with E-state index in [4.69, 9.17) is 9.57 Å². The number of rotatable bonds is 4. The summed E-state index contributed by atoms with van der Waals surface area (Å²) in [5.74, 6) is -0.547. The Labute approximate surface area is 120 Å². The first-order valence-corrected chi connectivity index (χ1v) is 6.87. The molecule has 0 saturated heterocycles. The molecule has 1 aliphatic rings. The van der Waals surface area contributed by atoms with Gasteiger partial charge in [-0.3, -0.25) is 9.78 Å². The third-order valence-corrected chi connectivity index (χ3v) is 3.58. The molecule has 1 aliphatic heterocycles. The van der Waals surface area contributed by atoms with Crippen LogP contribution in [0.4, 0.5) is 0 Å². The number of carbonyl (C=O) groups excluding carboxylic acids is 1. The number of halogens is 1. The fourth-order valence-corrected chi connectivity index (χ4v) is 2.28. The largest absolute Gasteiger partial charge is 0.469 e. The average molecular weight is 327 g/mol. The van der Waals surface area contributed by atoms with Crippen LogP contribution in [0.25, 0.3) is 0 Å². The molecule has 0 amide bonds. The SMILES string of the molecule is CCC(C(=O)OC)[C@@H]1CC(c2ccc(Br)cn2)=NO1. The van der Waals surface area contributed by atoms with E-state index in [1.54, 1.807) is 6.20 Å². The first-order chi connectivity index (χ1) is 9.15. The fourth-order valence-electron chi connectivity index (χ4n) is 2.04. The van der Waals surface area contributed by atoms with Crippen LogP contribution in [0, 0.1) is 5.92 Å². The van der Waals surface area contributed by atoms with E-state index in [9.17, 15) is 4.79 Å². The molecule has 0 fully saturated rings. The second-order valence-corrected chi connectivity index (χ2v) is 5.20. The zero-order chi connectivity index (χ0) is 13.8. The van der Waals surface area contributed by atoms with Gasteiger partial charge >= 0.3 is 5.97 Å². The third kappa shape index (κ3) is 3.12. The van der Waals surface area contributed by atoms with Crippen LogP contribution in [-0.4, -0.2) is 29.9 Å². The standard InChI is InChI=1S/C13H15BrN2O3/c1-3-9(13(17)18-2)12-6-11(16-19-12)10-5-4-8(14)7-15-10/h4-5,7,9,12H,3,6H2,1-2H3/t9?,12-/m0/s1. The molecule has 2 heterocycles. The van der Waals surface area contributed by atoms with E-state index in [0.717, 1.165) is 15.9 Å². The van der Waals surface area contributed by atoms with E-state index >= 15 is 0 Å². The number of ether oxygens (including phenoxy) is 1. The predicted octanol–water partition coefficient (Wildman–Crippen LogP) is 2.54. The zero-order valence-corrected chi connectivity index (χ0v) is 12.4. The summed E-state index contributed by atoms with van der Waals surface area (Å²) < 4.78 is 5.69. The lowest BCUT2D eigenvalue weighted by Gasteiger charge is -2.17. The lowest BCUT2D eigenvalue weighted by atomic mass is 9.95. The smallest absolute Gasteiger partial charge is 0.312 e. The summed E-state index contributed by atoms with van der Waals surface area (Å²) in [7, 11) is 1.39. The van der Waals surface area contributed by atoms with Crippen molar-refractivity contribution in [3.05, 3.63) is 28.5 Å². The summed E-state index contributed by atoms with van der Waals surface area (Å²) in [4.78, 5) is 21.3. The van der Waals surface area contributed by atoms with Gasteiger partial charge in [0, 0.05) is 17.1 Å². The minimum Gasteiger partial charge on any atom is -0.469 e. The molecule has 0 aliphatic carbocycles. The Morgan fingerprint density at radius 2 is 2.42 bits per heavy atom. The van der Waals surface area contributed by atoms with E-state index in [1.807, 2.05) is 19.1 Å². The van der Waals surface area contributed by atoms with Gasteiger partial charge in [0.15, 0.2) is 0 Å². The van der Waals surface area contributed by atoms with Crippen LogP contribution in [-0.2, 0) is 14.4 Å². The second-order valence-electron chi connectivity index (χ2n) is 4.29. The maximum atomic E-state index is 11.6. The molecule has 0 spiro atoms. The Balaban J connectivity index is 2.06. The highest BCUT2D eigenvalue weighted by Crippen LogP contribution is 2.25. The number of nitrogens with zero attached hydrogens (tertiary/aromatic N) is 2. The zero-order valence-electron chi connectivity index (χ0n) is 10.8. The molecule has 19 heavy (non-hydrogen) atoms. The second kappa shape index (κ2) is 6.14. The fraction of sp³-hybridized carbons (Fsp3) is 0.462. The molecule has 2 atom stereocenters. The van der Waals surface area contributed by atoms with E-state index < -0.39 is 0 Å². The van der Waals surface area contributed by atoms with E-state index in [-0.39, 0.29) is 18.0 Å². The highest BCUT2D eigenvalue weighted by molar-refractivity contribution is 9.10. The third-order valence-electron chi connectivity index (χ3n) is 3.11. The molecule has 0 radical (unpaired) electrons. The Hall–Kier alpha value is -1.43. The first kappa shape index (κ1) is 14.0. The van der Waals surface area contributed by atoms with Crippen LogP contribution in [0.3, 0.4) is 0 Å². The van der Waals surface area contributed by atoms with E-state index in [2.05, 4.69) is 26.1 Å². The summed E-state index contributed by atoms with van der Waals surface area (Å²) in [6.07, 6.45) is 2.68. The highest BCUT2D eigenvalue weighted by Gasteiger charge is 2.34. The van der Waals surface area contributed by atoms with Crippen molar-refractivity contribution in [2.24, 2.45) is 11.1 Å². The molecule has 0 N–H and O–H groups in total. The number of hydrogen-bond acceptors (Lipinski definition) is 5. The van der Waals surface area contributed by atoms with Gasteiger partial charge in [-0.05, 0) is 34.5 Å². The maximum absolute atomic E-state index is 11.6. The molecule has 1 unspecified atom stereocenters. The monoisotopic (exact) mass is 326 g/mol. The molecule has 1 aromatic rings. The molecular formula is C13H15BrN2O3. The Morgan fingerprint density at radius 3 is 3.00 bits per heavy atom. The molecule has 2 rings (SSSR count). The molecule has 6 heteroatoms. The Bertz CT molecular complexity index is 487. The van der Waals surface area contributed by atoms with E-state index in [0.29, 0.717) is 12.8 Å². The highest BCUT2D eigenvalue weighted by atomic mass is 79.9. The van der Waals surface area contributed by atoms with Gasteiger partial charge in [0.25, 0.3) is 0 Å². The number of carbonyl (C=O) groups is 1. The minimum absolute atomic E-state index is 0.257. The van der Waals surface area contributed by atoms with Gasteiger partial charge < -0.3 is 9.57 Å². The van der Waals surface area contributed by atoms with Gasteiger partial charge in [-0.25, -0.2) is 0 Å². The minimum atomic E-state index is -0.290. The van der Waals surface area contributed by atoms with Crippen molar-refractivity contribution in [2.45, 2.75) is 25.9 Å². The van der Waals surface area contributed by atoms with Crippen molar-refractivity contribution in [1.29, 1.82) is 0 Å². The summed E-state index contributed by atoms with van der Waals surface area (Å²) in [5, 5.41) is 4.03. The average Bonchev–Trinajstić information content (AvgIpc) is 2.89.